The van der Waals surface area contributed by atoms with Crippen LogP contribution in [0.5, 0.6) is 0 Å². The summed E-state index contributed by atoms with van der Waals surface area (Å²) in [6, 6.07) is 3.52. The number of carbonyl (C=O) groups excluding carboxylic acids is 1. The Morgan fingerprint density at radius 3 is 2.80 bits per heavy atom. The molecule has 0 spiro atoms. The number of aromatic nitrogens is 3. The number of ketones is 1. The Morgan fingerprint density at radius 1 is 1.47 bits per heavy atom. The van der Waals surface area contributed by atoms with Gasteiger partial charge in [0.15, 0.2) is 17.3 Å². The molecule has 0 aromatic carbocycles. The first-order chi connectivity index (χ1) is 7.08. The van der Waals surface area contributed by atoms with Gasteiger partial charge in [-0.1, -0.05) is 13.8 Å². The fourth-order valence-electron chi connectivity index (χ4n) is 1.36. The van der Waals surface area contributed by atoms with Crippen molar-refractivity contribution in [2.45, 2.75) is 26.7 Å². The van der Waals surface area contributed by atoms with Crippen LogP contribution in [0.4, 0.5) is 0 Å². The van der Waals surface area contributed by atoms with E-state index in [0.717, 1.165) is 11.5 Å². The number of carbonyl (C=O) groups is 1. The van der Waals surface area contributed by atoms with Crippen molar-refractivity contribution in [3.05, 3.63) is 29.7 Å². The molecule has 0 saturated carbocycles. The van der Waals surface area contributed by atoms with Crippen molar-refractivity contribution >= 4 is 11.4 Å². The van der Waals surface area contributed by atoms with Crippen LogP contribution < -0.4 is 0 Å². The lowest BCUT2D eigenvalue weighted by molar-refractivity contribution is 0.101. The van der Waals surface area contributed by atoms with E-state index in [1.165, 1.54) is 0 Å². The fourth-order valence-corrected chi connectivity index (χ4v) is 1.36. The third-order valence-corrected chi connectivity index (χ3v) is 2.28. The van der Waals surface area contributed by atoms with E-state index in [9.17, 15) is 4.79 Å². The third-order valence-electron chi connectivity index (χ3n) is 2.28. The number of hydrogen-bond acceptors (Lipinski definition) is 3. The third kappa shape index (κ3) is 1.75. The molecule has 0 aliphatic carbocycles. The summed E-state index contributed by atoms with van der Waals surface area (Å²) in [7, 11) is 0. The molecule has 0 unspecified atom stereocenters. The number of rotatable bonds is 2. The van der Waals surface area contributed by atoms with Gasteiger partial charge in [0.1, 0.15) is 0 Å². The van der Waals surface area contributed by atoms with Crippen molar-refractivity contribution < 1.29 is 4.79 Å². The molecule has 2 heterocycles. The molecule has 0 amide bonds. The Hall–Kier alpha value is -1.71. The van der Waals surface area contributed by atoms with Gasteiger partial charge in [0, 0.05) is 17.7 Å². The lowest BCUT2D eigenvalue weighted by Gasteiger charge is -1.94. The lowest BCUT2D eigenvalue weighted by Crippen LogP contribution is -1.95. The molecular formula is C11H13N3O. The van der Waals surface area contributed by atoms with Gasteiger partial charge in [-0.2, -0.15) is 5.10 Å². The molecule has 4 heteroatoms. The second-order valence-corrected chi connectivity index (χ2v) is 3.90. The first-order valence-electron chi connectivity index (χ1n) is 4.95. The predicted molar refractivity (Wildman–Crippen MR) is 57.1 cm³/mol. The zero-order valence-electron chi connectivity index (χ0n) is 9.06. The molecule has 0 N–H and O–H groups in total. The maximum atomic E-state index is 11.2. The number of Topliss-reactive ketones (excluding diaryl/α,β-unsaturated/α-hetero) is 1. The average Bonchev–Trinajstić information content (AvgIpc) is 2.59. The molecule has 0 aliphatic heterocycles. The smallest absolute Gasteiger partial charge is 0.159 e. The Kier molecular flexibility index (Phi) is 2.26. The Bertz CT molecular complexity index is 514. The van der Waals surface area contributed by atoms with Crippen LogP contribution in [0.15, 0.2) is 18.3 Å². The zero-order chi connectivity index (χ0) is 11.0. The highest BCUT2D eigenvalue weighted by Gasteiger charge is 2.08. The van der Waals surface area contributed by atoms with Gasteiger partial charge in [-0.15, -0.1) is 0 Å². The minimum Gasteiger partial charge on any atom is -0.295 e. The van der Waals surface area contributed by atoms with Crippen molar-refractivity contribution in [1.29, 1.82) is 0 Å². The summed E-state index contributed by atoms with van der Waals surface area (Å²) in [6.07, 6.45) is 1.77. The molecule has 2 rings (SSSR count). The van der Waals surface area contributed by atoms with Gasteiger partial charge >= 0.3 is 0 Å². The van der Waals surface area contributed by atoms with Gasteiger partial charge in [0.2, 0.25) is 0 Å². The lowest BCUT2D eigenvalue weighted by atomic mass is 10.2. The van der Waals surface area contributed by atoms with Crippen LogP contribution in [0.3, 0.4) is 0 Å². The van der Waals surface area contributed by atoms with E-state index in [0.29, 0.717) is 11.5 Å². The molecule has 0 fully saturated rings. The molecule has 0 radical (unpaired) electrons. The van der Waals surface area contributed by atoms with Crippen molar-refractivity contribution in [3.63, 3.8) is 0 Å². The van der Waals surface area contributed by atoms with Crippen molar-refractivity contribution in [2.75, 3.05) is 0 Å². The second kappa shape index (κ2) is 3.46. The predicted octanol–water partition coefficient (Wildman–Crippen LogP) is 2.06. The van der Waals surface area contributed by atoms with Gasteiger partial charge in [-0.05, 0) is 19.1 Å². The maximum Gasteiger partial charge on any atom is 0.159 e. The molecule has 0 bridgehead atoms. The Labute approximate surface area is 87.9 Å². The molecule has 78 valence electrons. The van der Waals surface area contributed by atoms with E-state index in [2.05, 4.69) is 10.1 Å². The summed E-state index contributed by atoms with van der Waals surface area (Å²) in [5, 5.41) is 4.31. The highest BCUT2D eigenvalue weighted by Crippen LogP contribution is 2.12. The molecule has 2 aromatic rings. The largest absolute Gasteiger partial charge is 0.295 e. The van der Waals surface area contributed by atoms with Gasteiger partial charge in [-0.3, -0.25) is 4.79 Å². The van der Waals surface area contributed by atoms with Crippen LogP contribution in [0.25, 0.3) is 5.65 Å². The van der Waals surface area contributed by atoms with Crippen molar-refractivity contribution in [3.8, 4) is 0 Å². The zero-order valence-corrected chi connectivity index (χ0v) is 9.06. The Balaban J connectivity index is 2.57. The minimum absolute atomic E-state index is 0.0478. The molecule has 2 aromatic heterocycles. The van der Waals surface area contributed by atoms with E-state index in [4.69, 9.17) is 0 Å². The standard InChI is InChI=1S/C11H13N3O/c1-7(2)11-12-10-6-9(8(3)15)4-5-14(10)13-11/h4-7H,1-3H3. The summed E-state index contributed by atoms with van der Waals surface area (Å²) >= 11 is 0. The summed E-state index contributed by atoms with van der Waals surface area (Å²) in [6.45, 7) is 5.63. The van der Waals surface area contributed by atoms with Gasteiger partial charge in [0.05, 0.1) is 0 Å². The van der Waals surface area contributed by atoms with E-state index < -0.39 is 0 Å². The number of pyridine rings is 1. The number of nitrogens with zero attached hydrogens (tertiary/aromatic N) is 3. The highest BCUT2D eigenvalue weighted by atomic mass is 16.1. The summed E-state index contributed by atoms with van der Waals surface area (Å²) in [5.74, 6) is 1.15. The normalized spacial score (nSPS) is 11.2. The molecule has 0 saturated heterocycles. The number of fused-ring (bicyclic) bond motifs is 1. The molecule has 0 atom stereocenters. The first kappa shape index (κ1) is 9.83. The van der Waals surface area contributed by atoms with E-state index in [1.807, 2.05) is 13.8 Å². The van der Waals surface area contributed by atoms with Crippen LogP contribution in [-0.2, 0) is 0 Å². The SMILES string of the molecule is CC(=O)c1ccn2nc(C(C)C)nc2c1. The van der Waals surface area contributed by atoms with Crippen LogP contribution in [0.2, 0.25) is 0 Å². The monoisotopic (exact) mass is 203 g/mol. The summed E-state index contributed by atoms with van der Waals surface area (Å²) < 4.78 is 1.70. The maximum absolute atomic E-state index is 11.2. The van der Waals surface area contributed by atoms with Crippen LogP contribution >= 0.6 is 0 Å². The topological polar surface area (TPSA) is 47.3 Å². The minimum atomic E-state index is 0.0478. The van der Waals surface area contributed by atoms with E-state index in [1.54, 1.807) is 29.8 Å². The highest BCUT2D eigenvalue weighted by molar-refractivity contribution is 5.94. The van der Waals surface area contributed by atoms with Crippen LogP contribution in [-0.4, -0.2) is 20.4 Å². The second-order valence-electron chi connectivity index (χ2n) is 3.90. The van der Waals surface area contributed by atoms with Gasteiger partial charge in [-0.25, -0.2) is 9.50 Å². The quantitative estimate of drug-likeness (QED) is 0.702. The Morgan fingerprint density at radius 2 is 2.20 bits per heavy atom. The molecule has 4 nitrogen and oxygen atoms in total. The van der Waals surface area contributed by atoms with Gasteiger partial charge < -0.3 is 0 Å². The molecular weight excluding hydrogens is 190 g/mol. The summed E-state index contributed by atoms with van der Waals surface area (Å²) in [4.78, 5) is 15.5. The average molecular weight is 203 g/mol. The van der Waals surface area contributed by atoms with Crippen molar-refractivity contribution in [1.82, 2.24) is 14.6 Å². The van der Waals surface area contributed by atoms with Crippen LogP contribution in [0.1, 0.15) is 42.9 Å². The van der Waals surface area contributed by atoms with Crippen molar-refractivity contribution in [2.24, 2.45) is 0 Å². The molecule has 0 aliphatic rings. The first-order valence-corrected chi connectivity index (χ1v) is 4.95. The van der Waals surface area contributed by atoms with Gasteiger partial charge in [0.25, 0.3) is 0 Å². The van der Waals surface area contributed by atoms with Crippen LogP contribution in [0, 0.1) is 0 Å². The van der Waals surface area contributed by atoms with E-state index >= 15 is 0 Å². The fraction of sp³-hybridized carbons (Fsp3) is 0.364. The summed E-state index contributed by atoms with van der Waals surface area (Å²) in [5.41, 5.74) is 1.40. The number of hydrogen-bond donors (Lipinski definition) is 0. The van der Waals surface area contributed by atoms with E-state index in [-0.39, 0.29) is 5.78 Å². The molecule has 15 heavy (non-hydrogen) atoms.